The highest BCUT2D eigenvalue weighted by atomic mass is 32.1. The van der Waals surface area contributed by atoms with Gasteiger partial charge in [-0.05, 0) is 78.1 Å². The number of aromatic nitrogens is 3. The second-order valence-corrected chi connectivity index (χ2v) is 10.5. The Morgan fingerprint density at radius 3 is 1.93 bits per heavy atom. The molecule has 0 atom stereocenters. The highest BCUT2D eigenvalue weighted by molar-refractivity contribution is 7.18. The summed E-state index contributed by atoms with van der Waals surface area (Å²) in [6, 6.07) is 22.3. The molecule has 2 N–H and O–H groups in total. The van der Waals surface area contributed by atoms with Crippen LogP contribution >= 0.6 is 11.3 Å². The Bertz CT molecular complexity index is 1680. The molecule has 0 bridgehead atoms. The van der Waals surface area contributed by atoms with Gasteiger partial charge in [0.05, 0.1) is 33.9 Å². The summed E-state index contributed by atoms with van der Waals surface area (Å²) in [5.41, 5.74) is 4.88. The minimum Gasteiger partial charge on any atom is -0.478 e. The van der Waals surface area contributed by atoms with Gasteiger partial charge in [-0.15, -0.1) is 11.3 Å². The van der Waals surface area contributed by atoms with Crippen LogP contribution in [0.1, 0.15) is 52.5 Å². The Morgan fingerprint density at radius 2 is 1.27 bits per heavy atom. The molecular weight excluding hydrogens is 522 g/mol. The van der Waals surface area contributed by atoms with Gasteiger partial charge in [0.2, 0.25) is 0 Å². The number of hydrogen-bond donors (Lipinski definition) is 2. The van der Waals surface area contributed by atoms with E-state index in [4.69, 9.17) is 0 Å². The third-order valence-corrected chi connectivity index (χ3v) is 7.75. The molecule has 0 saturated heterocycles. The lowest BCUT2D eigenvalue weighted by atomic mass is 10.0. The molecule has 0 saturated carbocycles. The third-order valence-electron chi connectivity index (χ3n) is 6.56. The number of unbranched alkanes of at least 4 members (excludes halogenated alkanes) is 2. The summed E-state index contributed by atoms with van der Waals surface area (Å²) in [6.45, 7) is 2.21. The minimum absolute atomic E-state index is 0.00582. The van der Waals surface area contributed by atoms with Gasteiger partial charge in [-0.2, -0.15) is 0 Å². The van der Waals surface area contributed by atoms with Gasteiger partial charge in [-0.25, -0.2) is 14.6 Å². The van der Waals surface area contributed by atoms with Crippen LogP contribution in [0, 0.1) is 0 Å². The number of thiophene rings is 1. The lowest BCUT2D eigenvalue weighted by molar-refractivity contribution is 0.0686. The van der Waals surface area contributed by atoms with E-state index in [0.29, 0.717) is 11.4 Å². The van der Waals surface area contributed by atoms with E-state index < -0.39 is 11.9 Å². The molecule has 200 valence electrons. The first-order valence-corrected chi connectivity index (χ1v) is 13.8. The van der Waals surface area contributed by atoms with E-state index in [1.807, 2.05) is 12.1 Å². The van der Waals surface area contributed by atoms with Crippen molar-refractivity contribution in [3.63, 3.8) is 0 Å². The summed E-state index contributed by atoms with van der Waals surface area (Å²) in [4.78, 5) is 38.8. The number of aromatic carboxylic acids is 2. The van der Waals surface area contributed by atoms with E-state index in [2.05, 4.69) is 58.3 Å². The maximum atomic E-state index is 11.9. The zero-order valence-corrected chi connectivity index (χ0v) is 22.7. The van der Waals surface area contributed by atoms with E-state index in [0.717, 1.165) is 21.7 Å². The highest BCUT2D eigenvalue weighted by Crippen LogP contribution is 2.36. The maximum absolute atomic E-state index is 11.9. The number of hydrogen-bond acceptors (Lipinski definition) is 6. The molecule has 0 fully saturated rings. The number of carbonyl (C=O) groups is 2. The van der Waals surface area contributed by atoms with Gasteiger partial charge in [0.25, 0.3) is 0 Å². The molecule has 5 rings (SSSR count). The molecule has 5 aromatic rings. The molecule has 0 aliphatic rings. The number of carboxylic acids is 2. The Balaban J connectivity index is 1.45. The lowest BCUT2D eigenvalue weighted by Crippen LogP contribution is -2.02. The quantitative estimate of drug-likeness (QED) is 0.171. The minimum atomic E-state index is -1.13. The van der Waals surface area contributed by atoms with E-state index in [9.17, 15) is 19.8 Å². The van der Waals surface area contributed by atoms with Crippen LogP contribution in [0.25, 0.3) is 43.7 Å². The van der Waals surface area contributed by atoms with Crippen LogP contribution in [0.15, 0.2) is 85.2 Å². The van der Waals surface area contributed by atoms with Gasteiger partial charge in [-0.3, -0.25) is 9.97 Å². The van der Waals surface area contributed by atoms with Gasteiger partial charge in [0.15, 0.2) is 0 Å². The first kappa shape index (κ1) is 26.9. The SMILES string of the molecule is CCCCCc1ccc(-c2ccc(-c3ccnc(-c4cc(C(=O)O)cc(-c5cc(C(=O)O)ccn5)n4)c3)s2)cc1. The van der Waals surface area contributed by atoms with Crippen molar-refractivity contribution in [2.45, 2.75) is 32.6 Å². The van der Waals surface area contributed by atoms with E-state index >= 15 is 0 Å². The Kier molecular flexibility index (Phi) is 8.07. The van der Waals surface area contributed by atoms with E-state index in [-0.39, 0.29) is 22.5 Å². The van der Waals surface area contributed by atoms with Crippen LogP contribution in [-0.2, 0) is 6.42 Å². The van der Waals surface area contributed by atoms with Gasteiger partial charge < -0.3 is 10.2 Å². The largest absolute Gasteiger partial charge is 0.478 e. The molecular formula is C32H27N3O4S. The van der Waals surface area contributed by atoms with Crippen molar-refractivity contribution in [2.24, 2.45) is 0 Å². The van der Waals surface area contributed by atoms with Crippen LogP contribution in [0.2, 0.25) is 0 Å². The first-order valence-electron chi connectivity index (χ1n) is 13.0. The molecule has 4 aromatic heterocycles. The Hall–Kier alpha value is -4.69. The summed E-state index contributed by atoms with van der Waals surface area (Å²) in [6.07, 6.45) is 7.81. The van der Waals surface area contributed by atoms with Crippen LogP contribution in [0.3, 0.4) is 0 Å². The lowest BCUT2D eigenvalue weighted by Gasteiger charge is -2.08. The first-order chi connectivity index (χ1) is 19.4. The zero-order valence-electron chi connectivity index (χ0n) is 21.9. The van der Waals surface area contributed by atoms with Crippen LogP contribution < -0.4 is 0 Å². The Labute approximate surface area is 235 Å². The highest BCUT2D eigenvalue weighted by Gasteiger charge is 2.15. The second-order valence-electron chi connectivity index (χ2n) is 9.41. The average molecular weight is 550 g/mol. The zero-order chi connectivity index (χ0) is 28.1. The summed E-state index contributed by atoms with van der Waals surface area (Å²) in [5, 5.41) is 19.1. The summed E-state index contributed by atoms with van der Waals surface area (Å²) >= 11 is 1.67. The topological polar surface area (TPSA) is 113 Å². The van der Waals surface area contributed by atoms with Gasteiger partial charge in [-0.1, -0.05) is 44.0 Å². The number of rotatable bonds is 10. The molecule has 0 radical (unpaired) electrons. The van der Waals surface area contributed by atoms with Gasteiger partial charge >= 0.3 is 11.9 Å². The predicted molar refractivity (Wildman–Crippen MR) is 157 cm³/mol. The fourth-order valence-corrected chi connectivity index (χ4v) is 5.41. The molecule has 7 nitrogen and oxygen atoms in total. The molecule has 0 spiro atoms. The van der Waals surface area contributed by atoms with Crippen molar-refractivity contribution in [3.05, 3.63) is 102 Å². The number of pyridine rings is 3. The van der Waals surface area contributed by atoms with Gasteiger partial charge in [0, 0.05) is 22.1 Å². The normalized spacial score (nSPS) is 10.9. The molecule has 0 unspecified atom stereocenters. The van der Waals surface area contributed by atoms with E-state index in [1.165, 1.54) is 60.9 Å². The van der Waals surface area contributed by atoms with Gasteiger partial charge in [0.1, 0.15) is 0 Å². The standard InChI is InChI=1S/C32H27N3O4S/c1-2-3-4-5-20-6-8-21(9-7-20)29-10-11-30(40-29)22-12-14-33-25(16-22)27-18-24(32(38)39)19-28(35-27)26-17-23(31(36)37)13-15-34-26/h6-19H,2-5H2,1H3,(H,36,37)(H,38,39). The third kappa shape index (κ3) is 6.13. The number of aryl methyl sites for hydroxylation is 1. The van der Waals surface area contributed by atoms with Crippen molar-refractivity contribution in [1.29, 1.82) is 0 Å². The monoisotopic (exact) mass is 549 g/mol. The fraction of sp³-hybridized carbons (Fsp3) is 0.156. The molecule has 1 aromatic carbocycles. The summed E-state index contributed by atoms with van der Waals surface area (Å²) < 4.78 is 0. The molecule has 0 amide bonds. The second kappa shape index (κ2) is 12.0. The molecule has 8 heteroatoms. The Morgan fingerprint density at radius 1 is 0.675 bits per heavy atom. The molecule has 0 aliphatic carbocycles. The average Bonchev–Trinajstić information content (AvgIpc) is 3.48. The predicted octanol–water partition coefficient (Wildman–Crippen LogP) is 7.73. The van der Waals surface area contributed by atoms with E-state index in [1.54, 1.807) is 17.5 Å². The number of nitrogens with zero attached hydrogens (tertiary/aromatic N) is 3. The number of benzene rings is 1. The van der Waals surface area contributed by atoms with Crippen LogP contribution in [0.5, 0.6) is 0 Å². The van der Waals surface area contributed by atoms with Crippen molar-refractivity contribution >= 4 is 23.3 Å². The maximum Gasteiger partial charge on any atom is 0.335 e. The van der Waals surface area contributed by atoms with Crippen molar-refractivity contribution in [1.82, 2.24) is 15.0 Å². The van der Waals surface area contributed by atoms with Crippen LogP contribution in [-0.4, -0.2) is 37.1 Å². The van der Waals surface area contributed by atoms with Crippen molar-refractivity contribution in [2.75, 3.05) is 0 Å². The smallest absolute Gasteiger partial charge is 0.335 e. The number of carboxylic acid groups (broad SMARTS) is 2. The van der Waals surface area contributed by atoms with Crippen molar-refractivity contribution in [3.8, 4) is 43.7 Å². The molecule has 40 heavy (non-hydrogen) atoms. The van der Waals surface area contributed by atoms with Crippen LogP contribution in [0.4, 0.5) is 0 Å². The summed E-state index contributed by atoms with van der Waals surface area (Å²) in [7, 11) is 0. The molecule has 0 aliphatic heterocycles. The fourth-order valence-electron chi connectivity index (χ4n) is 4.41. The molecule has 4 heterocycles. The van der Waals surface area contributed by atoms with Crippen molar-refractivity contribution < 1.29 is 19.8 Å². The summed E-state index contributed by atoms with van der Waals surface area (Å²) in [5.74, 6) is -2.24.